The van der Waals surface area contributed by atoms with Crippen LogP contribution >= 0.6 is 0 Å². The molecular weight excluding hydrogens is 268 g/mol. The molecular formula is C17H28O4. The van der Waals surface area contributed by atoms with Crippen LogP contribution in [0.25, 0.3) is 0 Å². The normalized spacial score (nSPS) is 35.0. The number of unbranched alkanes of at least 4 members (excludes halogenated alkanes) is 1. The summed E-state index contributed by atoms with van der Waals surface area (Å²) >= 11 is 0. The molecule has 2 rings (SSSR count). The Hall–Kier alpha value is -0.870. The highest BCUT2D eigenvalue weighted by Gasteiger charge is 2.48. The smallest absolute Gasteiger partial charge is 0.306 e. The Morgan fingerprint density at radius 2 is 2.24 bits per heavy atom. The van der Waals surface area contributed by atoms with Crippen molar-refractivity contribution in [1.29, 1.82) is 0 Å². The van der Waals surface area contributed by atoms with Crippen molar-refractivity contribution in [2.75, 3.05) is 0 Å². The minimum atomic E-state index is -0.471. The van der Waals surface area contributed by atoms with E-state index in [1.54, 1.807) is 6.08 Å². The number of rotatable bonds is 7. The number of hydrogen-bond acceptors (Lipinski definition) is 4. The molecule has 1 saturated carbocycles. The van der Waals surface area contributed by atoms with Crippen molar-refractivity contribution in [2.45, 2.75) is 70.7 Å². The largest absolute Gasteiger partial charge is 0.462 e. The number of fused-ring (bicyclic) bond motifs is 1. The second-order valence-corrected chi connectivity index (χ2v) is 6.71. The molecule has 0 aromatic carbocycles. The summed E-state index contributed by atoms with van der Waals surface area (Å²) in [7, 11) is 0. The van der Waals surface area contributed by atoms with Crippen molar-refractivity contribution in [3.05, 3.63) is 12.2 Å². The lowest BCUT2D eigenvalue weighted by atomic mass is 9.90. The van der Waals surface area contributed by atoms with Gasteiger partial charge >= 0.3 is 5.97 Å². The van der Waals surface area contributed by atoms with Crippen LogP contribution in [0.15, 0.2) is 12.2 Å². The molecule has 4 heteroatoms. The van der Waals surface area contributed by atoms with E-state index in [0.717, 1.165) is 12.8 Å². The molecule has 1 aliphatic heterocycles. The van der Waals surface area contributed by atoms with Gasteiger partial charge in [-0.1, -0.05) is 45.3 Å². The molecule has 1 saturated heterocycles. The maximum absolute atomic E-state index is 11.3. The van der Waals surface area contributed by atoms with E-state index in [2.05, 4.69) is 13.8 Å². The van der Waals surface area contributed by atoms with Crippen LogP contribution in [0.5, 0.6) is 0 Å². The highest BCUT2D eigenvalue weighted by Crippen LogP contribution is 2.42. The maximum Gasteiger partial charge on any atom is 0.306 e. The summed E-state index contributed by atoms with van der Waals surface area (Å²) in [5.74, 6) is 0.349. The maximum atomic E-state index is 11.3. The summed E-state index contributed by atoms with van der Waals surface area (Å²) in [5.41, 5.74) is 0. The molecule has 4 nitrogen and oxygen atoms in total. The monoisotopic (exact) mass is 296 g/mol. The lowest BCUT2D eigenvalue weighted by Crippen LogP contribution is -2.19. The Kier molecular flexibility index (Phi) is 5.82. The number of ether oxygens (including phenoxy) is 1. The van der Waals surface area contributed by atoms with Crippen LogP contribution < -0.4 is 0 Å². The summed E-state index contributed by atoms with van der Waals surface area (Å²) in [5, 5.41) is 20.2. The minimum Gasteiger partial charge on any atom is -0.462 e. The van der Waals surface area contributed by atoms with Crippen LogP contribution in [0.3, 0.4) is 0 Å². The second-order valence-electron chi connectivity index (χ2n) is 6.71. The molecule has 0 aromatic heterocycles. The van der Waals surface area contributed by atoms with Crippen LogP contribution in [0, 0.1) is 17.8 Å². The fourth-order valence-electron chi connectivity index (χ4n) is 3.60. The molecule has 0 amide bonds. The van der Waals surface area contributed by atoms with E-state index >= 15 is 0 Å². The van der Waals surface area contributed by atoms with Crippen molar-refractivity contribution in [3.8, 4) is 0 Å². The molecule has 2 aliphatic rings. The van der Waals surface area contributed by atoms with Crippen LogP contribution in [0.2, 0.25) is 0 Å². The van der Waals surface area contributed by atoms with Crippen molar-refractivity contribution in [2.24, 2.45) is 17.8 Å². The molecule has 1 heterocycles. The van der Waals surface area contributed by atoms with Gasteiger partial charge in [0.15, 0.2) is 0 Å². The van der Waals surface area contributed by atoms with E-state index in [9.17, 15) is 15.0 Å². The average Bonchev–Trinajstić information content (AvgIpc) is 2.89. The standard InChI is InChI=1S/C17H28O4/c1-3-4-5-11(2)8-12(18)6-7-13-14-9-17(20)21-16(14)10-15(13)19/h6-7,11-16,18-19H,3-5,8-10H2,1-2H3/b7-6+/t11-,12+,13+,14+,15+,16-/m0/s1. The van der Waals surface area contributed by atoms with Crippen LogP contribution in [0.1, 0.15) is 52.4 Å². The molecule has 0 aromatic rings. The van der Waals surface area contributed by atoms with E-state index in [1.807, 2.05) is 6.08 Å². The predicted octanol–water partition coefficient (Wildman–Crippen LogP) is 2.43. The molecule has 0 spiro atoms. The van der Waals surface area contributed by atoms with E-state index in [1.165, 1.54) is 12.8 Å². The van der Waals surface area contributed by atoms with Gasteiger partial charge < -0.3 is 14.9 Å². The van der Waals surface area contributed by atoms with Crippen molar-refractivity contribution >= 4 is 5.97 Å². The molecule has 6 atom stereocenters. The number of hydrogen-bond donors (Lipinski definition) is 2. The Labute approximate surface area is 127 Å². The van der Waals surface area contributed by atoms with Gasteiger partial charge in [0.05, 0.1) is 18.6 Å². The average molecular weight is 296 g/mol. The number of esters is 1. The van der Waals surface area contributed by atoms with Gasteiger partial charge in [-0.2, -0.15) is 0 Å². The first-order valence-electron chi connectivity index (χ1n) is 8.25. The first-order valence-corrected chi connectivity index (χ1v) is 8.25. The molecule has 0 radical (unpaired) electrons. The van der Waals surface area contributed by atoms with Gasteiger partial charge in [0.1, 0.15) is 6.10 Å². The molecule has 0 unspecified atom stereocenters. The zero-order chi connectivity index (χ0) is 15.4. The predicted molar refractivity (Wildman–Crippen MR) is 80.6 cm³/mol. The SMILES string of the molecule is CCCC[C@H](C)C[C@H](O)/C=C/[C@@H]1[C@H]2CC(=O)O[C@H]2C[C@H]1O. The van der Waals surface area contributed by atoms with E-state index in [0.29, 0.717) is 18.8 Å². The van der Waals surface area contributed by atoms with Gasteiger partial charge in [-0.25, -0.2) is 0 Å². The Morgan fingerprint density at radius 1 is 1.48 bits per heavy atom. The van der Waals surface area contributed by atoms with Crippen molar-refractivity contribution < 1.29 is 19.7 Å². The summed E-state index contributed by atoms with van der Waals surface area (Å²) in [6, 6.07) is 0. The molecule has 120 valence electrons. The summed E-state index contributed by atoms with van der Waals surface area (Å²) in [4.78, 5) is 11.3. The number of aliphatic hydroxyl groups is 2. The zero-order valence-electron chi connectivity index (χ0n) is 13.1. The highest BCUT2D eigenvalue weighted by atomic mass is 16.6. The lowest BCUT2D eigenvalue weighted by molar-refractivity contribution is -0.141. The summed E-state index contributed by atoms with van der Waals surface area (Å²) < 4.78 is 5.21. The van der Waals surface area contributed by atoms with E-state index in [-0.39, 0.29) is 23.9 Å². The number of carbonyl (C=O) groups is 1. The van der Waals surface area contributed by atoms with Crippen LogP contribution in [-0.4, -0.2) is 34.5 Å². The zero-order valence-corrected chi connectivity index (χ0v) is 13.1. The first-order chi connectivity index (χ1) is 10.0. The summed E-state index contributed by atoms with van der Waals surface area (Å²) in [6.45, 7) is 4.34. The molecule has 21 heavy (non-hydrogen) atoms. The number of aliphatic hydroxyl groups excluding tert-OH is 2. The molecule has 2 fully saturated rings. The fraction of sp³-hybridized carbons (Fsp3) is 0.824. The Balaban J connectivity index is 1.83. The van der Waals surface area contributed by atoms with Gasteiger partial charge in [0.2, 0.25) is 0 Å². The van der Waals surface area contributed by atoms with Crippen LogP contribution in [-0.2, 0) is 9.53 Å². The topological polar surface area (TPSA) is 66.8 Å². The van der Waals surface area contributed by atoms with Gasteiger partial charge in [-0.05, 0) is 12.3 Å². The van der Waals surface area contributed by atoms with Gasteiger partial charge in [0.25, 0.3) is 0 Å². The van der Waals surface area contributed by atoms with Gasteiger partial charge in [-0.15, -0.1) is 0 Å². The summed E-state index contributed by atoms with van der Waals surface area (Å²) in [6.07, 6.45) is 7.80. The molecule has 1 aliphatic carbocycles. The van der Waals surface area contributed by atoms with Gasteiger partial charge in [-0.3, -0.25) is 4.79 Å². The minimum absolute atomic E-state index is 0.0675. The van der Waals surface area contributed by atoms with E-state index in [4.69, 9.17) is 4.74 Å². The second kappa shape index (κ2) is 7.41. The molecule has 0 bridgehead atoms. The third kappa shape index (κ3) is 4.30. The van der Waals surface area contributed by atoms with Gasteiger partial charge in [0, 0.05) is 18.3 Å². The Bertz CT molecular complexity index is 379. The number of carbonyl (C=O) groups excluding carboxylic acids is 1. The van der Waals surface area contributed by atoms with Crippen molar-refractivity contribution in [3.63, 3.8) is 0 Å². The lowest BCUT2D eigenvalue weighted by Gasteiger charge is -2.17. The molecule has 2 N–H and O–H groups in total. The third-order valence-corrected chi connectivity index (χ3v) is 4.83. The Morgan fingerprint density at radius 3 is 2.95 bits per heavy atom. The quantitative estimate of drug-likeness (QED) is 0.559. The third-order valence-electron chi connectivity index (χ3n) is 4.83. The van der Waals surface area contributed by atoms with E-state index < -0.39 is 12.2 Å². The first kappa shape index (κ1) is 16.5. The fourth-order valence-corrected chi connectivity index (χ4v) is 3.60. The van der Waals surface area contributed by atoms with Crippen molar-refractivity contribution in [1.82, 2.24) is 0 Å². The van der Waals surface area contributed by atoms with Crippen LogP contribution in [0.4, 0.5) is 0 Å². The highest BCUT2D eigenvalue weighted by molar-refractivity contribution is 5.72.